The second-order valence-electron chi connectivity index (χ2n) is 6.51. The van der Waals surface area contributed by atoms with E-state index in [0.29, 0.717) is 18.8 Å². The third-order valence-electron chi connectivity index (χ3n) is 4.13. The van der Waals surface area contributed by atoms with E-state index < -0.39 is 0 Å². The minimum atomic E-state index is -0.0890. The molecule has 0 fully saturated rings. The summed E-state index contributed by atoms with van der Waals surface area (Å²) in [4.78, 5) is 11.5. The van der Waals surface area contributed by atoms with Crippen molar-refractivity contribution < 1.29 is 9.53 Å². The molecule has 0 saturated heterocycles. The molecule has 0 heterocycles. The van der Waals surface area contributed by atoms with E-state index in [1.807, 2.05) is 0 Å². The third kappa shape index (κ3) is 18.4. The standard InChI is InChI=1S/C19H38O2S2/c1-2-3-4-5-6-7-8-9-10-11-12-13-14-15-19(20)21-16-18(23)17-22/h18,22-23H,2-17H2,1H3. The largest absolute Gasteiger partial charge is 0.464 e. The molecule has 0 aromatic carbocycles. The molecule has 4 heteroatoms. The zero-order valence-corrected chi connectivity index (χ0v) is 16.9. The maximum absolute atomic E-state index is 11.5. The third-order valence-corrected chi connectivity index (χ3v) is 5.19. The smallest absolute Gasteiger partial charge is 0.305 e. The normalized spacial score (nSPS) is 12.3. The number of carbonyl (C=O) groups is 1. The average Bonchev–Trinajstić information content (AvgIpc) is 2.56. The van der Waals surface area contributed by atoms with Gasteiger partial charge >= 0.3 is 5.97 Å². The van der Waals surface area contributed by atoms with E-state index in [9.17, 15) is 4.79 Å². The summed E-state index contributed by atoms with van der Waals surface area (Å²) in [6.45, 7) is 2.65. The molecule has 2 nitrogen and oxygen atoms in total. The lowest BCUT2D eigenvalue weighted by Crippen LogP contribution is -2.15. The second-order valence-corrected chi connectivity index (χ2v) is 7.61. The molecule has 0 amide bonds. The Labute approximate surface area is 155 Å². The maximum atomic E-state index is 11.5. The molecule has 1 atom stereocenters. The van der Waals surface area contributed by atoms with E-state index in [4.69, 9.17) is 4.74 Å². The van der Waals surface area contributed by atoms with Gasteiger partial charge in [-0.15, -0.1) is 0 Å². The van der Waals surface area contributed by atoms with E-state index >= 15 is 0 Å². The van der Waals surface area contributed by atoms with Gasteiger partial charge in [0, 0.05) is 17.4 Å². The van der Waals surface area contributed by atoms with Crippen LogP contribution in [0, 0.1) is 0 Å². The van der Waals surface area contributed by atoms with E-state index in [0.717, 1.165) is 12.8 Å². The van der Waals surface area contributed by atoms with Crippen LogP contribution in [0.4, 0.5) is 0 Å². The molecule has 0 rings (SSSR count). The van der Waals surface area contributed by atoms with Gasteiger partial charge in [-0.3, -0.25) is 4.79 Å². The molecule has 0 spiro atoms. The molecule has 0 aromatic heterocycles. The van der Waals surface area contributed by atoms with Crippen LogP contribution in [0.5, 0.6) is 0 Å². The van der Waals surface area contributed by atoms with E-state index in [2.05, 4.69) is 32.2 Å². The number of esters is 1. The lowest BCUT2D eigenvalue weighted by molar-refractivity contribution is -0.143. The van der Waals surface area contributed by atoms with Crippen LogP contribution in [0.3, 0.4) is 0 Å². The van der Waals surface area contributed by atoms with Crippen LogP contribution < -0.4 is 0 Å². The van der Waals surface area contributed by atoms with Crippen LogP contribution in [0.1, 0.15) is 96.8 Å². The van der Waals surface area contributed by atoms with Gasteiger partial charge in [0.05, 0.1) is 0 Å². The fourth-order valence-corrected chi connectivity index (χ4v) is 2.78. The van der Waals surface area contributed by atoms with Crippen LogP contribution in [-0.2, 0) is 9.53 Å². The van der Waals surface area contributed by atoms with Crippen LogP contribution >= 0.6 is 25.3 Å². The number of unbranched alkanes of at least 4 members (excludes halogenated alkanes) is 12. The van der Waals surface area contributed by atoms with Crippen LogP contribution in [0.15, 0.2) is 0 Å². The average molecular weight is 363 g/mol. The summed E-state index contributed by atoms with van der Waals surface area (Å²) in [7, 11) is 0. The fraction of sp³-hybridized carbons (Fsp3) is 0.947. The first kappa shape index (κ1) is 23.2. The molecule has 23 heavy (non-hydrogen) atoms. The summed E-state index contributed by atoms with van der Waals surface area (Å²) in [5.74, 6) is 0.545. The van der Waals surface area contributed by atoms with Crippen molar-refractivity contribution in [3.05, 3.63) is 0 Å². The molecular weight excluding hydrogens is 324 g/mol. The van der Waals surface area contributed by atoms with Gasteiger partial charge in [0.2, 0.25) is 0 Å². The van der Waals surface area contributed by atoms with Gasteiger partial charge in [0.15, 0.2) is 0 Å². The fourth-order valence-electron chi connectivity index (χ4n) is 2.60. The Bertz CT molecular complexity index is 260. The molecule has 0 N–H and O–H groups in total. The van der Waals surface area contributed by atoms with Crippen molar-refractivity contribution in [3.8, 4) is 0 Å². The minimum absolute atomic E-state index is 0.0499. The van der Waals surface area contributed by atoms with E-state index in [1.54, 1.807) is 0 Å². The Kier molecular flexibility index (Phi) is 18.6. The Morgan fingerprint density at radius 2 is 1.26 bits per heavy atom. The number of hydrogen-bond acceptors (Lipinski definition) is 4. The quantitative estimate of drug-likeness (QED) is 0.182. The number of rotatable bonds is 17. The lowest BCUT2D eigenvalue weighted by atomic mass is 10.0. The van der Waals surface area contributed by atoms with Crippen LogP contribution in [0.2, 0.25) is 0 Å². The van der Waals surface area contributed by atoms with E-state index in [-0.39, 0.29) is 11.2 Å². The summed E-state index contributed by atoms with van der Waals surface area (Å²) < 4.78 is 5.14. The van der Waals surface area contributed by atoms with Gasteiger partial charge in [-0.1, -0.05) is 84.0 Å². The number of carbonyl (C=O) groups excluding carboxylic acids is 1. The van der Waals surface area contributed by atoms with Gasteiger partial charge in [-0.2, -0.15) is 25.3 Å². The van der Waals surface area contributed by atoms with Crippen molar-refractivity contribution >= 4 is 31.2 Å². The first-order chi connectivity index (χ1) is 11.2. The Balaban J connectivity index is 3.14. The van der Waals surface area contributed by atoms with Crippen molar-refractivity contribution in [3.63, 3.8) is 0 Å². The first-order valence-electron chi connectivity index (χ1n) is 9.65. The van der Waals surface area contributed by atoms with Crippen molar-refractivity contribution in [1.29, 1.82) is 0 Å². The van der Waals surface area contributed by atoms with Crippen molar-refractivity contribution in [1.82, 2.24) is 0 Å². The zero-order valence-electron chi connectivity index (χ0n) is 15.1. The molecular formula is C19H38O2S2. The SMILES string of the molecule is CCCCCCCCCCCCCCCC(=O)OCC(S)CS. The lowest BCUT2D eigenvalue weighted by Gasteiger charge is -2.08. The molecule has 0 aromatic rings. The highest BCUT2D eigenvalue weighted by Crippen LogP contribution is 2.13. The topological polar surface area (TPSA) is 26.3 Å². The molecule has 1 unspecified atom stereocenters. The zero-order chi connectivity index (χ0) is 17.2. The minimum Gasteiger partial charge on any atom is -0.464 e. The van der Waals surface area contributed by atoms with Gasteiger partial charge < -0.3 is 4.74 Å². The Hall–Kier alpha value is 0.170. The summed E-state index contributed by atoms with van der Waals surface area (Å²) in [5.41, 5.74) is 0. The van der Waals surface area contributed by atoms with Gasteiger partial charge in [0.1, 0.15) is 6.61 Å². The highest BCUT2D eigenvalue weighted by Gasteiger charge is 2.06. The molecule has 0 radical (unpaired) electrons. The number of ether oxygens (including phenoxy) is 1. The predicted molar refractivity (Wildman–Crippen MR) is 108 cm³/mol. The molecule has 0 bridgehead atoms. The molecule has 0 aliphatic heterocycles. The van der Waals surface area contributed by atoms with Crippen molar-refractivity contribution in [2.24, 2.45) is 0 Å². The summed E-state index contributed by atoms with van der Waals surface area (Å²) in [5, 5.41) is 0.0499. The van der Waals surface area contributed by atoms with Crippen molar-refractivity contribution in [2.45, 2.75) is 102 Å². The summed E-state index contributed by atoms with van der Waals surface area (Å²) in [6.07, 6.45) is 17.7. The maximum Gasteiger partial charge on any atom is 0.305 e. The monoisotopic (exact) mass is 362 g/mol. The van der Waals surface area contributed by atoms with Gasteiger partial charge in [-0.05, 0) is 6.42 Å². The van der Waals surface area contributed by atoms with Crippen molar-refractivity contribution in [2.75, 3.05) is 12.4 Å². The summed E-state index contributed by atoms with van der Waals surface area (Å²) >= 11 is 8.35. The number of thiol groups is 2. The molecule has 0 aliphatic carbocycles. The van der Waals surface area contributed by atoms with Gasteiger partial charge in [-0.25, -0.2) is 0 Å². The molecule has 0 aliphatic rings. The predicted octanol–water partition coefficient (Wildman–Crippen LogP) is 6.24. The Morgan fingerprint density at radius 1 is 0.826 bits per heavy atom. The van der Waals surface area contributed by atoms with Crippen LogP contribution in [-0.4, -0.2) is 23.6 Å². The van der Waals surface area contributed by atoms with E-state index in [1.165, 1.54) is 70.6 Å². The van der Waals surface area contributed by atoms with Gasteiger partial charge in [0.25, 0.3) is 0 Å². The second kappa shape index (κ2) is 18.5. The molecule has 138 valence electrons. The highest BCUT2D eigenvalue weighted by molar-refractivity contribution is 7.84. The molecule has 0 saturated carbocycles. The number of hydrogen-bond donors (Lipinski definition) is 2. The first-order valence-corrected chi connectivity index (χ1v) is 10.8. The highest BCUT2D eigenvalue weighted by atomic mass is 32.1. The van der Waals surface area contributed by atoms with Crippen LogP contribution in [0.25, 0.3) is 0 Å². The summed E-state index contributed by atoms with van der Waals surface area (Å²) in [6, 6.07) is 0. The Morgan fingerprint density at radius 3 is 1.70 bits per heavy atom.